The van der Waals surface area contributed by atoms with Gasteiger partial charge in [0.25, 0.3) is 0 Å². The minimum Gasteiger partial charge on any atom is -0.486 e. The van der Waals surface area contributed by atoms with Crippen LogP contribution in [-0.2, 0) is 6.18 Å². The van der Waals surface area contributed by atoms with Crippen LogP contribution in [0, 0.1) is 0 Å². The SMILES string of the molecule is CCCNCC(C)(CC)Oc1cccc(C(F)(F)F)c1. The van der Waals surface area contributed by atoms with E-state index in [0.29, 0.717) is 13.0 Å². The maximum Gasteiger partial charge on any atom is 0.416 e. The van der Waals surface area contributed by atoms with E-state index < -0.39 is 17.3 Å². The Morgan fingerprint density at radius 1 is 1.20 bits per heavy atom. The highest BCUT2D eigenvalue weighted by atomic mass is 19.4. The number of hydrogen-bond acceptors (Lipinski definition) is 2. The van der Waals surface area contributed by atoms with Crippen LogP contribution in [0.5, 0.6) is 5.75 Å². The fourth-order valence-electron chi connectivity index (χ4n) is 1.78. The molecule has 20 heavy (non-hydrogen) atoms. The summed E-state index contributed by atoms with van der Waals surface area (Å²) < 4.78 is 43.8. The Labute approximate surface area is 118 Å². The normalized spacial score (nSPS) is 14.9. The first-order valence-electron chi connectivity index (χ1n) is 6.87. The zero-order valence-electron chi connectivity index (χ0n) is 12.2. The second kappa shape index (κ2) is 6.97. The van der Waals surface area contributed by atoms with E-state index in [2.05, 4.69) is 12.2 Å². The first-order chi connectivity index (χ1) is 9.30. The Kier molecular flexibility index (Phi) is 5.87. The Morgan fingerprint density at radius 3 is 2.45 bits per heavy atom. The van der Waals surface area contributed by atoms with Crippen molar-refractivity contribution in [2.24, 2.45) is 0 Å². The lowest BCUT2D eigenvalue weighted by atomic mass is 10.0. The van der Waals surface area contributed by atoms with Gasteiger partial charge in [0.2, 0.25) is 0 Å². The molecule has 0 saturated heterocycles. The van der Waals surface area contributed by atoms with Crippen LogP contribution in [0.1, 0.15) is 39.2 Å². The van der Waals surface area contributed by atoms with Crippen molar-refractivity contribution >= 4 is 0 Å². The third kappa shape index (κ3) is 5.04. The maximum absolute atomic E-state index is 12.7. The zero-order chi connectivity index (χ0) is 15.2. The lowest BCUT2D eigenvalue weighted by molar-refractivity contribution is -0.137. The van der Waals surface area contributed by atoms with Crippen molar-refractivity contribution in [1.29, 1.82) is 0 Å². The monoisotopic (exact) mass is 289 g/mol. The van der Waals surface area contributed by atoms with Crippen molar-refractivity contribution in [3.8, 4) is 5.75 Å². The number of nitrogens with one attached hydrogen (secondary N) is 1. The molecule has 0 fully saturated rings. The Balaban J connectivity index is 2.79. The van der Waals surface area contributed by atoms with Crippen molar-refractivity contribution in [1.82, 2.24) is 5.32 Å². The zero-order valence-corrected chi connectivity index (χ0v) is 12.2. The number of benzene rings is 1. The molecule has 0 aromatic heterocycles. The van der Waals surface area contributed by atoms with Crippen LogP contribution >= 0.6 is 0 Å². The van der Waals surface area contributed by atoms with Gasteiger partial charge in [0.05, 0.1) is 5.56 Å². The van der Waals surface area contributed by atoms with E-state index in [1.54, 1.807) is 6.07 Å². The lowest BCUT2D eigenvalue weighted by Crippen LogP contribution is -2.42. The third-order valence-corrected chi connectivity index (χ3v) is 3.20. The van der Waals surface area contributed by atoms with Gasteiger partial charge in [0, 0.05) is 6.54 Å². The molecule has 0 heterocycles. The lowest BCUT2D eigenvalue weighted by Gasteiger charge is -2.30. The van der Waals surface area contributed by atoms with E-state index in [1.165, 1.54) is 6.07 Å². The summed E-state index contributed by atoms with van der Waals surface area (Å²) in [5.74, 6) is 0.252. The molecular formula is C15H22F3NO. The average Bonchev–Trinajstić information content (AvgIpc) is 2.38. The van der Waals surface area contributed by atoms with Crippen molar-refractivity contribution in [3.63, 3.8) is 0 Å². The molecule has 2 nitrogen and oxygen atoms in total. The van der Waals surface area contributed by atoms with Crippen LogP contribution in [0.2, 0.25) is 0 Å². The first kappa shape index (κ1) is 16.8. The molecule has 1 aromatic carbocycles. The van der Waals surface area contributed by atoms with E-state index in [4.69, 9.17) is 4.74 Å². The van der Waals surface area contributed by atoms with Gasteiger partial charge in [-0.3, -0.25) is 0 Å². The molecule has 0 spiro atoms. The third-order valence-electron chi connectivity index (χ3n) is 3.20. The number of rotatable bonds is 7. The van der Waals surface area contributed by atoms with E-state index >= 15 is 0 Å². The van der Waals surface area contributed by atoms with Crippen molar-refractivity contribution in [3.05, 3.63) is 29.8 Å². The van der Waals surface area contributed by atoms with Gasteiger partial charge in [-0.25, -0.2) is 0 Å². The van der Waals surface area contributed by atoms with Crippen LogP contribution in [-0.4, -0.2) is 18.7 Å². The highest BCUT2D eigenvalue weighted by Crippen LogP contribution is 2.32. The van der Waals surface area contributed by atoms with Crippen molar-refractivity contribution < 1.29 is 17.9 Å². The van der Waals surface area contributed by atoms with Crippen LogP contribution < -0.4 is 10.1 Å². The summed E-state index contributed by atoms with van der Waals surface area (Å²) in [7, 11) is 0. The Bertz CT molecular complexity index is 420. The number of halogens is 3. The van der Waals surface area contributed by atoms with Gasteiger partial charge in [-0.2, -0.15) is 13.2 Å². The molecule has 0 bridgehead atoms. The van der Waals surface area contributed by atoms with Gasteiger partial charge in [-0.05, 0) is 44.5 Å². The van der Waals surface area contributed by atoms with E-state index in [0.717, 1.165) is 25.1 Å². The molecule has 0 saturated carbocycles. The van der Waals surface area contributed by atoms with Crippen LogP contribution in [0.3, 0.4) is 0 Å². The summed E-state index contributed by atoms with van der Waals surface area (Å²) in [5, 5.41) is 3.24. The summed E-state index contributed by atoms with van der Waals surface area (Å²) >= 11 is 0. The molecule has 1 N–H and O–H groups in total. The molecule has 0 amide bonds. The second-order valence-corrected chi connectivity index (χ2v) is 5.11. The van der Waals surface area contributed by atoms with Crippen LogP contribution in [0.4, 0.5) is 13.2 Å². The second-order valence-electron chi connectivity index (χ2n) is 5.11. The summed E-state index contributed by atoms with van der Waals surface area (Å²) in [6, 6.07) is 5.02. The summed E-state index contributed by atoms with van der Waals surface area (Å²) in [4.78, 5) is 0. The Hall–Kier alpha value is -1.23. The number of ether oxygens (including phenoxy) is 1. The predicted octanol–water partition coefficient (Wildman–Crippen LogP) is 4.25. The van der Waals surface area contributed by atoms with Crippen LogP contribution in [0.25, 0.3) is 0 Å². The molecule has 1 aromatic rings. The fourth-order valence-corrected chi connectivity index (χ4v) is 1.78. The summed E-state index contributed by atoms with van der Waals surface area (Å²) in [6.45, 7) is 7.39. The number of alkyl halides is 3. The smallest absolute Gasteiger partial charge is 0.416 e. The van der Waals surface area contributed by atoms with E-state index in [9.17, 15) is 13.2 Å². The first-order valence-corrected chi connectivity index (χ1v) is 6.87. The summed E-state index contributed by atoms with van der Waals surface area (Å²) in [5.41, 5.74) is -1.20. The summed E-state index contributed by atoms with van der Waals surface area (Å²) in [6.07, 6.45) is -2.63. The molecule has 1 rings (SSSR count). The van der Waals surface area contributed by atoms with Gasteiger partial charge in [-0.15, -0.1) is 0 Å². The van der Waals surface area contributed by atoms with Crippen LogP contribution in [0.15, 0.2) is 24.3 Å². The topological polar surface area (TPSA) is 21.3 Å². The minimum atomic E-state index is -4.34. The van der Waals surface area contributed by atoms with Gasteiger partial charge in [0.15, 0.2) is 0 Å². The molecule has 0 radical (unpaired) electrons. The molecule has 1 atom stereocenters. The minimum absolute atomic E-state index is 0.252. The molecule has 1 unspecified atom stereocenters. The van der Waals surface area contributed by atoms with E-state index in [1.807, 2.05) is 13.8 Å². The van der Waals surface area contributed by atoms with Gasteiger partial charge in [-0.1, -0.05) is 19.9 Å². The van der Waals surface area contributed by atoms with Gasteiger partial charge < -0.3 is 10.1 Å². The number of hydrogen-bond donors (Lipinski definition) is 1. The standard InChI is InChI=1S/C15H22F3NO/c1-4-9-19-11-14(3,5-2)20-13-8-6-7-12(10-13)15(16,17)18/h6-8,10,19H,4-5,9,11H2,1-3H3. The van der Waals surface area contributed by atoms with E-state index in [-0.39, 0.29) is 5.75 Å². The average molecular weight is 289 g/mol. The molecule has 5 heteroatoms. The maximum atomic E-state index is 12.7. The van der Waals surface area contributed by atoms with Crippen molar-refractivity contribution in [2.45, 2.75) is 45.4 Å². The molecule has 114 valence electrons. The predicted molar refractivity (Wildman–Crippen MR) is 73.9 cm³/mol. The van der Waals surface area contributed by atoms with Crippen molar-refractivity contribution in [2.75, 3.05) is 13.1 Å². The highest BCUT2D eigenvalue weighted by Gasteiger charge is 2.31. The molecular weight excluding hydrogens is 267 g/mol. The quantitative estimate of drug-likeness (QED) is 0.758. The largest absolute Gasteiger partial charge is 0.486 e. The molecule has 0 aliphatic carbocycles. The fraction of sp³-hybridized carbons (Fsp3) is 0.600. The molecule has 0 aliphatic rings. The van der Waals surface area contributed by atoms with Gasteiger partial charge in [0.1, 0.15) is 11.4 Å². The van der Waals surface area contributed by atoms with Gasteiger partial charge >= 0.3 is 6.18 Å². The molecule has 0 aliphatic heterocycles. The highest BCUT2D eigenvalue weighted by molar-refractivity contribution is 5.30. The Morgan fingerprint density at radius 2 is 1.90 bits per heavy atom.